The molecule has 16 rings (SSSR count). The molecule has 8 heteroatoms. The van der Waals surface area contributed by atoms with E-state index in [0.717, 1.165) is 179 Å². The average molecular weight is 1230 g/mol. The normalized spacial score (nSPS) is 52.4. The highest BCUT2D eigenvalue weighted by Gasteiger charge is 2.66. The number of Topliss-reactive ketones (excluding diaryl/α,β-unsaturated/α-hetero) is 1. The molecule has 0 saturated heterocycles. The molecule has 3 N–H and O–H groups in total. The molecule has 16 aliphatic carbocycles. The van der Waals surface area contributed by atoms with Crippen LogP contribution in [0.3, 0.4) is 0 Å². The van der Waals surface area contributed by atoms with Crippen LogP contribution >= 0.6 is 0 Å². The van der Waals surface area contributed by atoms with E-state index in [4.69, 9.17) is 6.42 Å². The fourth-order valence-corrected chi connectivity index (χ4v) is 26.2. The molecule has 0 aromatic heterocycles. The minimum Gasteiger partial charge on any atom is -0.377 e. The van der Waals surface area contributed by atoms with Crippen molar-refractivity contribution in [1.29, 1.82) is 0 Å². The molecule has 0 amide bonds. The van der Waals surface area contributed by atoms with Crippen molar-refractivity contribution in [2.45, 2.75) is 295 Å². The third-order valence-corrected chi connectivity index (χ3v) is 31.3. The van der Waals surface area contributed by atoms with Crippen molar-refractivity contribution in [3.8, 4) is 36.0 Å². The summed E-state index contributed by atoms with van der Waals surface area (Å²) in [5.41, 5.74) is 3.03. The largest absolute Gasteiger partial charge is 0.377 e. The van der Waals surface area contributed by atoms with Gasteiger partial charge in [-0.1, -0.05) is 99.0 Å². The number of aliphatic hydroxyl groups is 3. The Morgan fingerprint density at radius 3 is 1.25 bits per heavy atom. The molecule has 89 heavy (non-hydrogen) atoms. The molecule has 12 saturated carbocycles. The number of hydrogen-bond acceptors (Lipinski definition) is 4. The van der Waals surface area contributed by atoms with Crippen LogP contribution in [0.5, 0.6) is 0 Å². The third-order valence-electron chi connectivity index (χ3n) is 31.3. The first-order valence-electron chi connectivity index (χ1n) is 36.8. The van der Waals surface area contributed by atoms with Gasteiger partial charge in [0.2, 0.25) is 0 Å². The summed E-state index contributed by atoms with van der Waals surface area (Å²) in [6, 6.07) is 0. The summed E-state index contributed by atoms with van der Waals surface area (Å²) >= 11 is 0. The fourth-order valence-electron chi connectivity index (χ4n) is 26.2. The topological polar surface area (TPSA) is 77.8 Å². The van der Waals surface area contributed by atoms with Gasteiger partial charge in [-0.15, -0.1) is 18.3 Å². The number of alkyl halides is 4. The average Bonchev–Trinajstić information content (AvgIpc) is 1.70. The smallest absolute Gasteiger partial charge is 0.139 e. The zero-order valence-electron chi connectivity index (χ0n) is 55.7. The molecule has 488 valence electrons. The Morgan fingerprint density at radius 1 is 0.404 bits per heavy atom. The molecular formula is C81H112F4O4. The van der Waals surface area contributed by atoms with Crippen molar-refractivity contribution in [1.82, 2.24) is 0 Å². The van der Waals surface area contributed by atoms with Crippen LogP contribution in [0.25, 0.3) is 0 Å². The predicted molar refractivity (Wildman–Crippen MR) is 348 cm³/mol. The summed E-state index contributed by atoms with van der Waals surface area (Å²) in [7, 11) is 0. The van der Waals surface area contributed by atoms with Gasteiger partial charge in [0.05, 0.1) is 0 Å². The van der Waals surface area contributed by atoms with Crippen molar-refractivity contribution >= 4 is 5.78 Å². The Bertz CT molecular complexity index is 3020. The van der Waals surface area contributed by atoms with Gasteiger partial charge in [0.25, 0.3) is 0 Å². The molecule has 0 heterocycles. The van der Waals surface area contributed by atoms with Crippen molar-refractivity contribution in [3.63, 3.8) is 0 Å². The summed E-state index contributed by atoms with van der Waals surface area (Å²) in [5.74, 6) is 25.2. The monoisotopic (exact) mass is 1220 g/mol. The van der Waals surface area contributed by atoms with Gasteiger partial charge in [0.1, 0.15) is 47.3 Å². The van der Waals surface area contributed by atoms with Gasteiger partial charge in [-0.3, -0.25) is 4.79 Å². The molecule has 0 aromatic rings. The Hall–Kier alpha value is -3.09. The maximum atomic E-state index is 13.9. The second kappa shape index (κ2) is 24.0. The van der Waals surface area contributed by atoms with Gasteiger partial charge < -0.3 is 15.3 Å². The van der Waals surface area contributed by atoms with Crippen molar-refractivity contribution in [3.05, 3.63) is 46.6 Å². The van der Waals surface area contributed by atoms with Crippen LogP contribution in [-0.2, 0) is 4.79 Å². The SMILES string of the molecule is C#C[C@]1(O)CCC2C3CC=C4C[C@@H](F)CC[C@@H]4C3CC[C@@]21C.CC#C[C@]1(O)CCC2C3CC=C4C[C@@H](F)CC[C@@H]4C3CC[C@@]21C.CC#C[C@]1(O)CCC2C3CC=C4C[C@@H](F)CC[C@]4(C)C3CC[C@@]21C.C[C@]12CCC3C(CC=C4C[C@@H](F)CC[C@@H]43)C1CCC2=O. The van der Waals surface area contributed by atoms with E-state index in [-0.39, 0.29) is 27.1 Å². The van der Waals surface area contributed by atoms with Gasteiger partial charge in [0, 0.05) is 34.5 Å². The number of halogens is 4. The van der Waals surface area contributed by atoms with Crippen molar-refractivity contribution < 1.29 is 37.7 Å². The van der Waals surface area contributed by atoms with Crippen LogP contribution in [0.2, 0.25) is 0 Å². The number of ketones is 1. The van der Waals surface area contributed by atoms with Crippen LogP contribution in [0.1, 0.15) is 254 Å². The van der Waals surface area contributed by atoms with E-state index in [1.807, 2.05) is 13.8 Å². The number of fused-ring (bicyclic) bond motifs is 20. The lowest BCUT2D eigenvalue weighted by molar-refractivity contribution is -0.130. The number of rotatable bonds is 0. The summed E-state index contributed by atoms with van der Waals surface area (Å²) in [6.07, 6.45) is 43.3. The molecule has 0 spiro atoms. The van der Waals surface area contributed by atoms with Crippen LogP contribution in [0.15, 0.2) is 46.6 Å². The van der Waals surface area contributed by atoms with E-state index in [0.29, 0.717) is 108 Å². The number of terminal acetylenes is 1. The van der Waals surface area contributed by atoms with Crippen LogP contribution in [-0.4, -0.2) is 62.6 Å². The quantitative estimate of drug-likeness (QED) is 0.128. The van der Waals surface area contributed by atoms with Gasteiger partial charge in [0.15, 0.2) is 0 Å². The zero-order valence-corrected chi connectivity index (χ0v) is 55.7. The first-order chi connectivity index (χ1) is 42.4. The zero-order chi connectivity index (χ0) is 62.8. The highest BCUT2D eigenvalue weighted by molar-refractivity contribution is 5.87. The van der Waals surface area contributed by atoms with Crippen LogP contribution in [0, 0.1) is 152 Å². The Balaban J connectivity index is 0.000000109. The summed E-state index contributed by atoms with van der Waals surface area (Å²) in [4.78, 5) is 12.3. The molecular weight excluding hydrogens is 1110 g/mol. The molecule has 16 aliphatic rings. The van der Waals surface area contributed by atoms with E-state index in [1.165, 1.54) is 35.1 Å². The van der Waals surface area contributed by atoms with Crippen molar-refractivity contribution in [2.24, 2.45) is 116 Å². The molecule has 4 nitrogen and oxygen atoms in total. The molecule has 0 radical (unpaired) electrons. The van der Waals surface area contributed by atoms with Gasteiger partial charge in [-0.2, -0.15) is 0 Å². The Kier molecular flexibility index (Phi) is 17.4. The lowest BCUT2D eigenvalue weighted by Crippen LogP contribution is -2.54. The highest BCUT2D eigenvalue weighted by Crippen LogP contribution is 2.70. The van der Waals surface area contributed by atoms with E-state index in [9.17, 15) is 37.7 Å². The second-order valence-electron chi connectivity index (χ2n) is 34.3. The third kappa shape index (κ3) is 10.4. The van der Waals surface area contributed by atoms with E-state index >= 15 is 0 Å². The summed E-state index contributed by atoms with van der Waals surface area (Å²) < 4.78 is 55.0. The number of hydrogen-bond donors (Lipinski definition) is 3. The standard InChI is InChI=1S/C22H31FO.C21H29FO.C20H27FO.C18H25FO/c1-4-10-22(24)13-9-19-17-6-5-15-14-16(23)7-11-20(15,2)18(17)8-12-21(19,22)3;1-3-10-21(23)12-9-19-18-6-4-14-13-15(22)5-7-16(14)17(18)8-11-20(19,21)2;1-3-20(22)11-9-18-17-6-4-13-12-14(21)5-7-15(13)16(17)8-10-19(18,20)2;1-18-9-8-14-13-5-3-12(19)10-11(13)2-4-15(14)16(18)6-7-17(18)20/h5,16-19,24H,6-9,11-14H2,1-3H3;4,15-19,23H,5-9,11-13H2,1-2H3;1,4,14-18,22H,5-12H2,2H3;2,12-16H,3-10H2,1H3/t16-,17?,18?,19?,20-,21-,22-;15-,16-,17?,18?,19?,20-,21-;14-,15-,16?,17?,18?,19-,20-;12-,13-,14?,15?,16?,18-/m0000/s1. The van der Waals surface area contributed by atoms with Crippen molar-refractivity contribution in [2.75, 3.05) is 0 Å². The first kappa shape index (κ1) is 64.6. The molecule has 0 aliphatic heterocycles. The number of carbonyl (C=O) groups is 1. The minimum absolute atomic E-state index is 0.0240. The van der Waals surface area contributed by atoms with E-state index in [1.54, 1.807) is 0 Å². The summed E-state index contributed by atoms with van der Waals surface area (Å²) in [5, 5.41) is 33.3. The minimum atomic E-state index is -0.913. The molecule has 0 bridgehead atoms. The lowest BCUT2D eigenvalue weighted by Gasteiger charge is -2.58. The predicted octanol–water partition coefficient (Wildman–Crippen LogP) is 18.4. The number of allylic oxidation sites excluding steroid dienone is 8. The molecule has 27 atom stereocenters. The first-order valence-corrected chi connectivity index (χ1v) is 36.8. The lowest BCUT2D eigenvalue weighted by atomic mass is 9.47. The Labute approximate surface area is 534 Å². The number of carbonyl (C=O) groups excluding carboxylic acids is 1. The Morgan fingerprint density at radius 2 is 0.775 bits per heavy atom. The van der Waals surface area contributed by atoms with Crippen LogP contribution in [0.4, 0.5) is 17.6 Å². The van der Waals surface area contributed by atoms with E-state index in [2.05, 4.69) is 88.5 Å². The molecule has 0 aromatic carbocycles. The van der Waals surface area contributed by atoms with Gasteiger partial charge in [-0.25, -0.2) is 17.6 Å². The fraction of sp³-hybridized carbons (Fsp3) is 0.815. The summed E-state index contributed by atoms with van der Waals surface area (Å²) in [6.45, 7) is 15.1. The molecule has 12 fully saturated rings. The van der Waals surface area contributed by atoms with Gasteiger partial charge in [-0.05, 0) is 301 Å². The highest BCUT2D eigenvalue weighted by atomic mass is 19.1. The molecule has 12 unspecified atom stereocenters. The van der Waals surface area contributed by atoms with Crippen LogP contribution < -0.4 is 0 Å². The second-order valence-corrected chi connectivity index (χ2v) is 34.3. The maximum absolute atomic E-state index is 13.9. The maximum Gasteiger partial charge on any atom is 0.139 e. The van der Waals surface area contributed by atoms with Gasteiger partial charge >= 0.3 is 0 Å². The van der Waals surface area contributed by atoms with E-state index < -0.39 is 41.5 Å².